The van der Waals surface area contributed by atoms with Crippen LogP contribution < -0.4 is 14.2 Å². The lowest BCUT2D eigenvalue weighted by molar-refractivity contribution is -0.140. The van der Waals surface area contributed by atoms with Crippen LogP contribution in [0, 0.1) is 0 Å². The van der Waals surface area contributed by atoms with Crippen molar-refractivity contribution < 1.29 is 43.2 Å². The Hall–Kier alpha value is -5.22. The molecule has 3 aromatic carbocycles. The van der Waals surface area contributed by atoms with E-state index in [1.807, 2.05) is 30.3 Å². The van der Waals surface area contributed by atoms with Crippen molar-refractivity contribution in [3.05, 3.63) is 102 Å². The lowest BCUT2D eigenvalue weighted by Gasteiger charge is -2.14. The molecule has 3 aromatic rings. The zero-order chi connectivity index (χ0) is 31.9. The Bertz CT molecular complexity index is 1640. The molecule has 2 amide bonds. The van der Waals surface area contributed by atoms with E-state index in [0.717, 1.165) is 22.3 Å². The van der Waals surface area contributed by atoms with Gasteiger partial charge in [-0.3, -0.25) is 14.5 Å². The highest BCUT2D eigenvalue weighted by Gasteiger charge is 2.27. The fraction of sp³-hybridized carbons (Fsp3) is 0.257. The average molecular weight is 612 g/mol. The van der Waals surface area contributed by atoms with E-state index in [-0.39, 0.29) is 29.9 Å². The third-order valence-electron chi connectivity index (χ3n) is 7.54. The van der Waals surface area contributed by atoms with Crippen LogP contribution in [-0.4, -0.2) is 66.7 Å². The number of aliphatic hydroxyl groups excluding tert-OH is 1. The molecular weight excluding hydrogens is 578 g/mol. The predicted octanol–water partition coefficient (Wildman–Crippen LogP) is 4.59. The van der Waals surface area contributed by atoms with Crippen molar-refractivity contribution in [3.8, 4) is 28.4 Å². The van der Waals surface area contributed by atoms with Crippen molar-refractivity contribution >= 4 is 23.8 Å². The molecule has 0 aromatic heterocycles. The smallest absolute Gasteiger partial charge is 0.343 e. The van der Waals surface area contributed by atoms with Gasteiger partial charge < -0.3 is 24.1 Å². The molecule has 1 aliphatic heterocycles. The fourth-order valence-electron chi connectivity index (χ4n) is 5.11. The van der Waals surface area contributed by atoms with Gasteiger partial charge in [0.2, 0.25) is 0 Å². The van der Waals surface area contributed by atoms with Gasteiger partial charge in [0.05, 0.1) is 37.6 Å². The molecule has 0 bridgehead atoms. The van der Waals surface area contributed by atoms with Crippen LogP contribution in [0.15, 0.2) is 85.0 Å². The van der Waals surface area contributed by atoms with Crippen molar-refractivity contribution in [1.82, 2.24) is 4.90 Å². The molecule has 1 aliphatic carbocycles. The number of carbonyl (C=O) groups excluding carboxylic acids is 4. The van der Waals surface area contributed by atoms with Crippen LogP contribution in [0.3, 0.4) is 0 Å². The Balaban J connectivity index is 1.11. The molecule has 1 unspecified atom stereocenters. The van der Waals surface area contributed by atoms with Gasteiger partial charge in [0.1, 0.15) is 17.2 Å². The quantitative estimate of drug-likeness (QED) is 0.0915. The van der Waals surface area contributed by atoms with Gasteiger partial charge in [-0.25, -0.2) is 9.59 Å². The maximum atomic E-state index is 12.9. The highest BCUT2D eigenvalue weighted by Crippen LogP contribution is 2.47. The maximum absolute atomic E-state index is 12.9. The Morgan fingerprint density at radius 2 is 1.38 bits per heavy atom. The Labute approximate surface area is 260 Å². The first-order valence-electron chi connectivity index (χ1n) is 14.6. The van der Waals surface area contributed by atoms with Crippen LogP contribution in [0.4, 0.5) is 0 Å². The van der Waals surface area contributed by atoms with Gasteiger partial charge in [-0.1, -0.05) is 25.6 Å². The number of ether oxygens (including phenoxy) is 4. The maximum Gasteiger partial charge on any atom is 0.343 e. The summed E-state index contributed by atoms with van der Waals surface area (Å²) in [6, 6.07) is 18.1. The Morgan fingerprint density at radius 3 is 2.04 bits per heavy atom. The van der Waals surface area contributed by atoms with E-state index >= 15 is 0 Å². The second kappa shape index (κ2) is 14.0. The van der Waals surface area contributed by atoms with Crippen molar-refractivity contribution in [2.24, 2.45) is 0 Å². The summed E-state index contributed by atoms with van der Waals surface area (Å²) < 4.78 is 22.2. The largest absolute Gasteiger partial charge is 0.494 e. The van der Waals surface area contributed by atoms with Crippen LogP contribution in [-0.2, 0) is 19.1 Å². The van der Waals surface area contributed by atoms with Gasteiger partial charge >= 0.3 is 11.9 Å². The summed E-state index contributed by atoms with van der Waals surface area (Å²) in [6.45, 7) is 6.15. The highest BCUT2D eigenvalue weighted by atomic mass is 16.5. The Kier molecular flexibility index (Phi) is 9.74. The molecule has 0 saturated heterocycles. The lowest BCUT2D eigenvalue weighted by Crippen LogP contribution is -2.31. The molecule has 1 atom stereocenters. The summed E-state index contributed by atoms with van der Waals surface area (Å²) in [4.78, 5) is 48.9. The molecule has 45 heavy (non-hydrogen) atoms. The standard InChI is InChI=1S/C35H33NO9/c1-22(21-37)34(40)44-18-4-17-42-25-7-5-24(6-8-25)35(41)45-27-10-12-29-28-11-9-26(19-30(28)23(2)31(29)20-27)43-16-3-15-36-32(38)13-14-33(36)39/h5-14,19-20,23,37H,1,3-4,15-18,21H2,2H3. The third-order valence-corrected chi connectivity index (χ3v) is 7.54. The van der Waals surface area contributed by atoms with E-state index in [1.54, 1.807) is 30.3 Å². The number of benzene rings is 3. The number of hydrogen-bond donors (Lipinski definition) is 1. The van der Waals surface area contributed by atoms with Crippen LogP contribution in [0.2, 0.25) is 0 Å². The molecule has 5 rings (SSSR count). The van der Waals surface area contributed by atoms with Crippen LogP contribution >= 0.6 is 0 Å². The molecule has 10 nitrogen and oxygen atoms in total. The monoisotopic (exact) mass is 611 g/mol. The SMILES string of the molecule is C=C(CO)C(=O)OCCCOc1ccc(C(=O)Oc2ccc3c(c2)C(C)c2cc(OCCCN4C(=O)C=CC4=O)ccc2-3)cc1. The molecule has 2 aliphatic rings. The minimum absolute atomic E-state index is 0.00189. The first-order valence-corrected chi connectivity index (χ1v) is 14.6. The second-order valence-electron chi connectivity index (χ2n) is 10.6. The molecule has 232 valence electrons. The van der Waals surface area contributed by atoms with Crippen LogP contribution in [0.25, 0.3) is 11.1 Å². The number of imide groups is 1. The highest BCUT2D eigenvalue weighted by molar-refractivity contribution is 6.12. The van der Waals surface area contributed by atoms with Crippen molar-refractivity contribution in [3.63, 3.8) is 0 Å². The first-order chi connectivity index (χ1) is 21.7. The summed E-state index contributed by atoms with van der Waals surface area (Å²) in [5, 5.41) is 8.87. The first kappa shape index (κ1) is 31.2. The van der Waals surface area contributed by atoms with Gasteiger partial charge in [-0.05, 0) is 77.2 Å². The molecule has 0 radical (unpaired) electrons. The van der Waals surface area contributed by atoms with Crippen molar-refractivity contribution in [2.45, 2.75) is 25.7 Å². The number of rotatable bonds is 14. The molecular formula is C35H33NO9. The van der Waals surface area contributed by atoms with E-state index in [9.17, 15) is 19.2 Å². The molecule has 0 spiro atoms. The minimum Gasteiger partial charge on any atom is -0.494 e. The number of hydrogen-bond acceptors (Lipinski definition) is 9. The van der Waals surface area contributed by atoms with E-state index in [0.29, 0.717) is 55.4 Å². The van der Waals surface area contributed by atoms with E-state index in [4.69, 9.17) is 24.1 Å². The number of fused-ring (bicyclic) bond motifs is 3. The zero-order valence-electron chi connectivity index (χ0n) is 24.8. The fourth-order valence-corrected chi connectivity index (χ4v) is 5.11. The molecule has 1 heterocycles. The number of aliphatic hydroxyl groups is 1. The molecule has 10 heteroatoms. The van der Waals surface area contributed by atoms with Gasteiger partial charge in [0.15, 0.2) is 0 Å². The van der Waals surface area contributed by atoms with E-state index in [2.05, 4.69) is 13.5 Å². The van der Waals surface area contributed by atoms with Gasteiger partial charge in [-0.2, -0.15) is 0 Å². The van der Waals surface area contributed by atoms with Gasteiger partial charge in [0, 0.05) is 31.0 Å². The zero-order valence-corrected chi connectivity index (χ0v) is 24.8. The average Bonchev–Trinajstić information content (AvgIpc) is 3.52. The van der Waals surface area contributed by atoms with Gasteiger partial charge in [-0.15, -0.1) is 0 Å². The summed E-state index contributed by atoms with van der Waals surface area (Å²) in [5.74, 6) is 0.0268. The van der Waals surface area contributed by atoms with Crippen molar-refractivity contribution in [2.75, 3.05) is 33.0 Å². The summed E-state index contributed by atoms with van der Waals surface area (Å²) in [6.07, 6.45) is 3.53. The number of amides is 2. The number of nitrogens with zero attached hydrogens (tertiary/aromatic N) is 1. The number of carbonyl (C=O) groups is 4. The normalized spacial score (nSPS) is 14.6. The van der Waals surface area contributed by atoms with Crippen molar-refractivity contribution in [1.29, 1.82) is 0 Å². The second-order valence-corrected chi connectivity index (χ2v) is 10.6. The van der Waals surface area contributed by atoms with Gasteiger partial charge in [0.25, 0.3) is 11.8 Å². The molecule has 0 fully saturated rings. The number of esters is 2. The summed E-state index contributed by atoms with van der Waals surface area (Å²) in [7, 11) is 0. The summed E-state index contributed by atoms with van der Waals surface area (Å²) >= 11 is 0. The molecule has 0 saturated carbocycles. The van der Waals surface area contributed by atoms with Crippen LogP contribution in [0.1, 0.15) is 47.2 Å². The lowest BCUT2D eigenvalue weighted by atomic mass is 9.99. The minimum atomic E-state index is -0.638. The van der Waals surface area contributed by atoms with Crippen LogP contribution in [0.5, 0.6) is 17.2 Å². The third kappa shape index (κ3) is 7.30. The topological polar surface area (TPSA) is 129 Å². The molecule has 1 N–H and O–H groups in total. The predicted molar refractivity (Wildman–Crippen MR) is 164 cm³/mol. The van der Waals surface area contributed by atoms with E-state index in [1.165, 1.54) is 17.1 Å². The van der Waals surface area contributed by atoms with E-state index < -0.39 is 18.5 Å². The summed E-state index contributed by atoms with van der Waals surface area (Å²) in [5.41, 5.74) is 4.67. The Morgan fingerprint density at radius 1 is 0.800 bits per heavy atom.